The largest absolute Gasteiger partial charge is 0.375 e. The Labute approximate surface area is 178 Å². The van der Waals surface area contributed by atoms with Crippen molar-refractivity contribution in [2.75, 3.05) is 6.61 Å². The average molecular weight is 415 g/mol. The molecule has 1 aliphatic heterocycles. The van der Waals surface area contributed by atoms with Crippen LogP contribution in [0.4, 0.5) is 8.78 Å². The number of hydrogen-bond donors (Lipinski definition) is 0. The molecule has 0 amide bonds. The number of halogens is 2. The third kappa shape index (κ3) is 4.72. The molecule has 0 unspecified atom stereocenters. The van der Waals surface area contributed by atoms with Gasteiger partial charge in [0.25, 0.3) is 5.92 Å². The molecule has 0 aromatic carbocycles. The van der Waals surface area contributed by atoms with E-state index in [2.05, 4.69) is 17.1 Å². The molecule has 2 fully saturated rings. The Hall–Kier alpha value is -1.88. The zero-order valence-corrected chi connectivity index (χ0v) is 17.9. The molecule has 1 saturated heterocycles. The highest BCUT2D eigenvalue weighted by molar-refractivity contribution is 5.22. The zero-order valence-electron chi connectivity index (χ0n) is 17.9. The van der Waals surface area contributed by atoms with Crippen molar-refractivity contribution in [1.29, 1.82) is 0 Å². The highest BCUT2D eigenvalue weighted by atomic mass is 19.3. The van der Waals surface area contributed by atoms with Gasteiger partial charge in [-0.15, -0.1) is 0 Å². The van der Waals surface area contributed by atoms with Gasteiger partial charge in [0.15, 0.2) is 0 Å². The van der Waals surface area contributed by atoms with Crippen LogP contribution in [-0.4, -0.2) is 22.2 Å². The molecule has 1 saturated carbocycles. The first-order valence-corrected chi connectivity index (χ1v) is 11.3. The fourth-order valence-corrected chi connectivity index (χ4v) is 5.45. The van der Waals surface area contributed by atoms with Gasteiger partial charge in [-0.05, 0) is 68.7 Å². The van der Waals surface area contributed by atoms with Crippen LogP contribution in [0.15, 0.2) is 42.9 Å². The molecule has 2 aromatic heterocycles. The van der Waals surface area contributed by atoms with E-state index in [1.807, 2.05) is 12.3 Å². The maximum Gasteiger partial charge on any atom is 0.272 e. The van der Waals surface area contributed by atoms with E-state index in [0.717, 1.165) is 70.5 Å². The molecule has 3 heterocycles. The lowest BCUT2D eigenvalue weighted by Gasteiger charge is -2.46. The van der Waals surface area contributed by atoms with Gasteiger partial charge in [-0.1, -0.05) is 25.3 Å². The van der Waals surface area contributed by atoms with Crippen LogP contribution in [0.2, 0.25) is 0 Å². The summed E-state index contributed by atoms with van der Waals surface area (Å²) >= 11 is 0. The van der Waals surface area contributed by atoms with Gasteiger partial charge >= 0.3 is 0 Å². The number of unbranched alkanes of at least 4 members (excludes halogenated alkanes) is 1. The number of rotatable bonds is 7. The monoisotopic (exact) mass is 414 g/mol. The summed E-state index contributed by atoms with van der Waals surface area (Å²) in [6.45, 7) is 1.72. The third-order valence-electron chi connectivity index (χ3n) is 7.05. The second kappa shape index (κ2) is 8.70. The lowest BCUT2D eigenvalue weighted by Crippen LogP contribution is -2.46. The molecular formula is C25H32F2N2O. The molecule has 3 nitrogen and oxygen atoms in total. The normalized spacial score (nSPS) is 23.7. The Morgan fingerprint density at radius 3 is 2.67 bits per heavy atom. The molecule has 162 valence electrons. The Morgan fingerprint density at radius 2 is 1.93 bits per heavy atom. The van der Waals surface area contributed by atoms with Crippen molar-refractivity contribution < 1.29 is 13.5 Å². The second-order valence-electron chi connectivity index (χ2n) is 9.34. The van der Waals surface area contributed by atoms with E-state index in [9.17, 15) is 8.78 Å². The van der Waals surface area contributed by atoms with Gasteiger partial charge in [0.1, 0.15) is 0 Å². The van der Waals surface area contributed by atoms with Crippen LogP contribution in [0.1, 0.15) is 81.5 Å². The molecule has 0 bridgehead atoms. The van der Waals surface area contributed by atoms with Gasteiger partial charge in [-0.3, -0.25) is 9.97 Å². The predicted molar refractivity (Wildman–Crippen MR) is 114 cm³/mol. The zero-order chi connectivity index (χ0) is 21.1. The van der Waals surface area contributed by atoms with Crippen molar-refractivity contribution in [3.63, 3.8) is 0 Å². The quantitative estimate of drug-likeness (QED) is 0.494. The Morgan fingerprint density at radius 1 is 1.10 bits per heavy atom. The Bertz CT molecular complexity index is 831. The fourth-order valence-electron chi connectivity index (χ4n) is 5.45. The predicted octanol–water partition coefficient (Wildman–Crippen LogP) is 6.36. The summed E-state index contributed by atoms with van der Waals surface area (Å²) in [7, 11) is 0. The number of pyridine rings is 2. The van der Waals surface area contributed by atoms with E-state index in [4.69, 9.17) is 9.72 Å². The highest BCUT2D eigenvalue weighted by Crippen LogP contribution is 2.50. The van der Waals surface area contributed by atoms with Crippen LogP contribution < -0.4 is 0 Å². The summed E-state index contributed by atoms with van der Waals surface area (Å²) in [6, 6.07) is 7.84. The van der Waals surface area contributed by atoms with Crippen molar-refractivity contribution in [2.45, 2.75) is 88.1 Å². The molecule has 1 aliphatic carbocycles. The first-order valence-electron chi connectivity index (χ1n) is 11.3. The number of ether oxygens (including phenoxy) is 1. The topological polar surface area (TPSA) is 35.0 Å². The van der Waals surface area contributed by atoms with E-state index in [0.29, 0.717) is 0 Å². The second-order valence-corrected chi connectivity index (χ2v) is 9.34. The van der Waals surface area contributed by atoms with Gasteiger partial charge in [0, 0.05) is 48.8 Å². The minimum Gasteiger partial charge on any atom is -0.375 e. The van der Waals surface area contributed by atoms with Crippen LogP contribution in [0.5, 0.6) is 0 Å². The van der Waals surface area contributed by atoms with Gasteiger partial charge in [-0.2, -0.15) is 0 Å². The lowest BCUT2D eigenvalue weighted by atomic mass is 9.67. The van der Waals surface area contributed by atoms with E-state index >= 15 is 0 Å². The molecule has 0 N–H and O–H groups in total. The third-order valence-corrected chi connectivity index (χ3v) is 7.05. The van der Waals surface area contributed by atoms with E-state index in [1.54, 1.807) is 12.3 Å². The Balaban J connectivity index is 1.43. The van der Waals surface area contributed by atoms with Crippen molar-refractivity contribution in [1.82, 2.24) is 9.97 Å². The maximum absolute atomic E-state index is 13.6. The van der Waals surface area contributed by atoms with Gasteiger partial charge in [0.2, 0.25) is 0 Å². The molecule has 0 radical (unpaired) electrons. The smallest absolute Gasteiger partial charge is 0.272 e. The molecule has 2 aromatic rings. The number of aromatic nitrogens is 2. The first kappa shape index (κ1) is 21.4. The fraction of sp³-hybridized carbons (Fsp3) is 0.600. The lowest BCUT2D eigenvalue weighted by molar-refractivity contribution is -0.104. The number of aryl methyl sites for hydroxylation is 1. The van der Waals surface area contributed by atoms with E-state index < -0.39 is 5.92 Å². The molecule has 30 heavy (non-hydrogen) atoms. The van der Waals surface area contributed by atoms with Crippen LogP contribution >= 0.6 is 0 Å². The minimum atomic E-state index is -2.84. The van der Waals surface area contributed by atoms with Crippen LogP contribution in [-0.2, 0) is 22.5 Å². The average Bonchev–Trinajstić information content (AvgIpc) is 3.19. The molecule has 1 spiro atoms. The highest BCUT2D eigenvalue weighted by Gasteiger charge is 2.48. The first-order chi connectivity index (χ1) is 14.4. The summed E-state index contributed by atoms with van der Waals surface area (Å²) < 4.78 is 33.5. The SMILES string of the molecule is CC(F)(F)c1cncc(CCCC[C@@]2(c3ccccn3)CCOC3(CCCC3)C2)c1. The van der Waals surface area contributed by atoms with Crippen LogP contribution in [0.3, 0.4) is 0 Å². The van der Waals surface area contributed by atoms with E-state index in [1.165, 1.54) is 24.7 Å². The summed E-state index contributed by atoms with van der Waals surface area (Å²) in [5.41, 5.74) is 2.16. The standard InChI is InChI=1S/C25H32F2N2O/c1-23(26,27)21-16-20(17-28-18-21)8-2-4-10-24(22-9-3-7-14-29-22)13-15-30-25(19-24)11-5-6-12-25/h3,7,9,14,16-18H,2,4-6,8,10-13,15,19H2,1H3/t24-/m1/s1. The van der Waals surface area contributed by atoms with Crippen LogP contribution in [0, 0.1) is 0 Å². The van der Waals surface area contributed by atoms with Crippen molar-refractivity contribution >= 4 is 0 Å². The summed E-state index contributed by atoms with van der Waals surface area (Å²) in [6.07, 6.45) is 15.6. The summed E-state index contributed by atoms with van der Waals surface area (Å²) in [4.78, 5) is 8.78. The molecular weight excluding hydrogens is 382 g/mol. The Kier molecular flexibility index (Phi) is 6.19. The molecule has 4 rings (SSSR count). The maximum atomic E-state index is 13.6. The number of alkyl halides is 2. The van der Waals surface area contributed by atoms with Crippen molar-refractivity contribution in [2.24, 2.45) is 0 Å². The van der Waals surface area contributed by atoms with E-state index in [-0.39, 0.29) is 16.6 Å². The van der Waals surface area contributed by atoms with Gasteiger partial charge in [-0.25, -0.2) is 8.78 Å². The molecule has 2 aliphatic rings. The summed E-state index contributed by atoms with van der Waals surface area (Å²) in [5.74, 6) is -2.84. The molecule has 5 heteroatoms. The van der Waals surface area contributed by atoms with Gasteiger partial charge in [0.05, 0.1) is 5.60 Å². The van der Waals surface area contributed by atoms with Crippen molar-refractivity contribution in [3.05, 3.63) is 59.7 Å². The number of nitrogens with zero attached hydrogens (tertiary/aromatic N) is 2. The minimum absolute atomic E-state index is 0.00226. The molecule has 1 atom stereocenters. The van der Waals surface area contributed by atoms with Gasteiger partial charge < -0.3 is 4.74 Å². The van der Waals surface area contributed by atoms with Crippen molar-refractivity contribution in [3.8, 4) is 0 Å². The van der Waals surface area contributed by atoms with Crippen LogP contribution in [0.25, 0.3) is 0 Å². The summed E-state index contributed by atoms with van der Waals surface area (Å²) in [5, 5.41) is 0. The number of hydrogen-bond acceptors (Lipinski definition) is 3.